The molecule has 1 aliphatic rings. The number of aryl methyl sites for hydroxylation is 1. The quantitative estimate of drug-likeness (QED) is 0.856. The van der Waals surface area contributed by atoms with E-state index in [1.807, 2.05) is 37.3 Å². The van der Waals surface area contributed by atoms with E-state index >= 15 is 0 Å². The van der Waals surface area contributed by atoms with Crippen LogP contribution in [0, 0.1) is 12.8 Å². The minimum absolute atomic E-state index is 0.369. The van der Waals surface area contributed by atoms with Crippen molar-refractivity contribution in [3.05, 3.63) is 59.3 Å². The van der Waals surface area contributed by atoms with Gasteiger partial charge in [-0.05, 0) is 55.6 Å². The second-order valence-electron chi connectivity index (χ2n) is 6.50. The number of hydrogen-bond acceptors (Lipinski definition) is 4. The lowest BCUT2D eigenvalue weighted by atomic mass is 10.1. The Bertz CT molecular complexity index is 716. The molecule has 1 amide bonds. The number of nitrogens with one attached hydrogen (secondary N) is 1. The van der Waals surface area contributed by atoms with Crippen molar-refractivity contribution in [2.45, 2.75) is 19.9 Å². The monoisotopic (exact) mass is 324 g/mol. The number of pyridine rings is 1. The second-order valence-corrected chi connectivity index (χ2v) is 6.50. The minimum Gasteiger partial charge on any atom is -0.370 e. The number of primary amides is 1. The zero-order chi connectivity index (χ0) is 16.9. The maximum absolute atomic E-state index is 11.3. The number of nitrogens with two attached hydrogens (primary N) is 1. The van der Waals surface area contributed by atoms with E-state index in [0.29, 0.717) is 11.5 Å². The molecule has 1 aromatic carbocycles. The molecule has 3 N–H and O–H groups in total. The lowest BCUT2D eigenvalue weighted by molar-refractivity contribution is 0.1000. The predicted octanol–water partition coefficient (Wildman–Crippen LogP) is 2.42. The van der Waals surface area contributed by atoms with Gasteiger partial charge in [-0.2, -0.15) is 0 Å². The van der Waals surface area contributed by atoms with Gasteiger partial charge in [0.1, 0.15) is 5.82 Å². The van der Waals surface area contributed by atoms with Crippen molar-refractivity contribution >= 4 is 11.7 Å². The van der Waals surface area contributed by atoms with E-state index in [1.54, 1.807) is 6.07 Å². The normalized spacial score (nSPS) is 17.8. The number of rotatable bonds is 6. The van der Waals surface area contributed by atoms with Gasteiger partial charge in [0.2, 0.25) is 5.91 Å². The number of anilines is 1. The van der Waals surface area contributed by atoms with Crippen molar-refractivity contribution in [2.75, 3.05) is 25.0 Å². The molecule has 5 heteroatoms. The standard InChI is InChI=1S/C19H24N4O/c1-14-4-2-7-18(22-14)21-11-16-8-9-23(13-16)12-15-5-3-6-17(10-15)19(20)24/h2-7,10,16H,8-9,11-13H2,1H3,(H2,20,24)(H,21,22)/t16-/m1/s1. The molecule has 1 fully saturated rings. The number of likely N-dealkylation sites (tertiary alicyclic amines) is 1. The highest BCUT2D eigenvalue weighted by Gasteiger charge is 2.22. The van der Waals surface area contributed by atoms with E-state index in [2.05, 4.69) is 21.3 Å². The van der Waals surface area contributed by atoms with Crippen LogP contribution in [0.2, 0.25) is 0 Å². The van der Waals surface area contributed by atoms with Crippen LogP contribution in [-0.2, 0) is 6.54 Å². The average molecular weight is 324 g/mol. The Morgan fingerprint density at radius 2 is 2.17 bits per heavy atom. The summed E-state index contributed by atoms with van der Waals surface area (Å²) < 4.78 is 0. The third-order valence-corrected chi connectivity index (χ3v) is 4.45. The van der Waals surface area contributed by atoms with Gasteiger partial charge in [0.25, 0.3) is 0 Å². The van der Waals surface area contributed by atoms with Crippen LogP contribution in [0.15, 0.2) is 42.5 Å². The fourth-order valence-corrected chi connectivity index (χ4v) is 3.19. The zero-order valence-electron chi connectivity index (χ0n) is 14.0. The summed E-state index contributed by atoms with van der Waals surface area (Å²) in [4.78, 5) is 18.2. The first kappa shape index (κ1) is 16.5. The van der Waals surface area contributed by atoms with Crippen LogP contribution >= 0.6 is 0 Å². The Balaban J connectivity index is 1.50. The van der Waals surface area contributed by atoms with Crippen LogP contribution in [0.25, 0.3) is 0 Å². The second kappa shape index (κ2) is 7.45. The number of carbonyl (C=O) groups excluding carboxylic acids is 1. The Kier molecular flexibility index (Phi) is 5.11. The van der Waals surface area contributed by atoms with Crippen LogP contribution in [0.1, 0.15) is 28.0 Å². The molecule has 0 unspecified atom stereocenters. The smallest absolute Gasteiger partial charge is 0.248 e. The van der Waals surface area contributed by atoms with Gasteiger partial charge < -0.3 is 11.1 Å². The summed E-state index contributed by atoms with van der Waals surface area (Å²) in [5, 5.41) is 3.44. The molecule has 1 aliphatic heterocycles. The van der Waals surface area contributed by atoms with Crippen molar-refractivity contribution in [1.29, 1.82) is 0 Å². The molecule has 0 radical (unpaired) electrons. The summed E-state index contributed by atoms with van der Waals surface area (Å²) >= 11 is 0. The van der Waals surface area contributed by atoms with Crippen LogP contribution in [0.4, 0.5) is 5.82 Å². The van der Waals surface area contributed by atoms with Gasteiger partial charge in [-0.15, -0.1) is 0 Å². The van der Waals surface area contributed by atoms with Gasteiger partial charge in [-0.3, -0.25) is 9.69 Å². The highest BCUT2D eigenvalue weighted by molar-refractivity contribution is 5.92. The molecule has 24 heavy (non-hydrogen) atoms. The lowest BCUT2D eigenvalue weighted by Gasteiger charge is -2.17. The summed E-state index contributed by atoms with van der Waals surface area (Å²) in [5.74, 6) is 1.19. The molecule has 0 bridgehead atoms. The molecule has 0 aliphatic carbocycles. The molecule has 1 aromatic heterocycles. The summed E-state index contributed by atoms with van der Waals surface area (Å²) in [6, 6.07) is 13.6. The van der Waals surface area contributed by atoms with E-state index < -0.39 is 0 Å². The lowest BCUT2D eigenvalue weighted by Crippen LogP contribution is -2.23. The number of carbonyl (C=O) groups is 1. The third kappa shape index (κ3) is 4.32. The number of aromatic nitrogens is 1. The Morgan fingerprint density at radius 3 is 2.96 bits per heavy atom. The van der Waals surface area contributed by atoms with Gasteiger partial charge >= 0.3 is 0 Å². The number of amides is 1. The first-order valence-electron chi connectivity index (χ1n) is 8.39. The van der Waals surface area contributed by atoms with E-state index in [9.17, 15) is 4.79 Å². The summed E-state index contributed by atoms with van der Waals surface area (Å²) in [6.07, 6.45) is 1.17. The maximum atomic E-state index is 11.3. The van der Waals surface area contributed by atoms with E-state index in [1.165, 1.54) is 6.42 Å². The third-order valence-electron chi connectivity index (χ3n) is 4.45. The molecule has 5 nitrogen and oxygen atoms in total. The van der Waals surface area contributed by atoms with Crippen molar-refractivity contribution in [3.63, 3.8) is 0 Å². The molecule has 0 spiro atoms. The van der Waals surface area contributed by atoms with E-state index in [4.69, 9.17) is 5.73 Å². The summed E-state index contributed by atoms with van der Waals surface area (Å²) in [5.41, 5.74) is 8.10. The van der Waals surface area contributed by atoms with E-state index in [-0.39, 0.29) is 5.91 Å². The van der Waals surface area contributed by atoms with Crippen molar-refractivity contribution in [3.8, 4) is 0 Å². The van der Waals surface area contributed by atoms with Gasteiger partial charge in [0.15, 0.2) is 0 Å². The minimum atomic E-state index is -0.369. The molecule has 0 saturated carbocycles. The largest absolute Gasteiger partial charge is 0.370 e. The van der Waals surface area contributed by atoms with Crippen LogP contribution in [-0.4, -0.2) is 35.4 Å². The molecule has 126 valence electrons. The van der Waals surface area contributed by atoms with Crippen LogP contribution < -0.4 is 11.1 Å². The predicted molar refractivity (Wildman–Crippen MR) is 95.8 cm³/mol. The zero-order valence-corrected chi connectivity index (χ0v) is 14.0. The molecule has 2 aromatic rings. The Morgan fingerprint density at radius 1 is 1.33 bits per heavy atom. The fraction of sp³-hybridized carbons (Fsp3) is 0.368. The summed E-state index contributed by atoms with van der Waals surface area (Å²) in [6.45, 7) is 5.94. The Hall–Kier alpha value is -2.40. The van der Waals surface area contributed by atoms with Gasteiger partial charge in [0, 0.05) is 30.9 Å². The van der Waals surface area contributed by atoms with Gasteiger partial charge in [-0.25, -0.2) is 4.98 Å². The molecular weight excluding hydrogens is 300 g/mol. The van der Waals surface area contributed by atoms with E-state index in [0.717, 1.165) is 43.3 Å². The highest BCUT2D eigenvalue weighted by Crippen LogP contribution is 2.19. The SMILES string of the molecule is Cc1cccc(NC[C@H]2CCN(Cc3cccc(C(N)=O)c3)C2)n1. The van der Waals surface area contributed by atoms with Crippen LogP contribution in [0.3, 0.4) is 0 Å². The molecule has 3 rings (SSSR count). The van der Waals surface area contributed by atoms with Gasteiger partial charge in [-0.1, -0.05) is 18.2 Å². The van der Waals surface area contributed by atoms with Crippen molar-refractivity contribution in [2.24, 2.45) is 11.7 Å². The van der Waals surface area contributed by atoms with Gasteiger partial charge in [0.05, 0.1) is 0 Å². The van der Waals surface area contributed by atoms with Crippen molar-refractivity contribution < 1.29 is 4.79 Å². The molecular formula is C19H24N4O. The molecule has 1 atom stereocenters. The Labute approximate surface area is 142 Å². The molecule has 2 heterocycles. The first-order valence-corrected chi connectivity index (χ1v) is 8.39. The number of hydrogen-bond donors (Lipinski definition) is 2. The maximum Gasteiger partial charge on any atom is 0.248 e. The average Bonchev–Trinajstić information content (AvgIpc) is 3.01. The molecule has 1 saturated heterocycles. The van der Waals surface area contributed by atoms with Crippen LogP contribution in [0.5, 0.6) is 0 Å². The first-order chi connectivity index (χ1) is 11.6. The fourth-order valence-electron chi connectivity index (χ4n) is 3.19. The topological polar surface area (TPSA) is 71.2 Å². The number of benzene rings is 1. The summed E-state index contributed by atoms with van der Waals surface area (Å²) in [7, 11) is 0. The number of nitrogens with zero attached hydrogens (tertiary/aromatic N) is 2. The van der Waals surface area contributed by atoms with Crippen molar-refractivity contribution in [1.82, 2.24) is 9.88 Å². The highest BCUT2D eigenvalue weighted by atomic mass is 16.1.